The summed E-state index contributed by atoms with van der Waals surface area (Å²) < 4.78 is 33.6. The van der Waals surface area contributed by atoms with Crippen molar-refractivity contribution >= 4 is 16.9 Å². The number of alkyl halides is 2. The molecule has 8 nitrogen and oxygen atoms in total. The largest absolute Gasteiger partial charge is 0.486 e. The maximum absolute atomic E-state index is 14.1. The zero-order valence-corrected chi connectivity index (χ0v) is 19.1. The van der Waals surface area contributed by atoms with Gasteiger partial charge in [-0.2, -0.15) is 8.78 Å². The van der Waals surface area contributed by atoms with Crippen molar-refractivity contribution in [2.24, 2.45) is 0 Å². The molecule has 1 aromatic carbocycles. The van der Waals surface area contributed by atoms with Gasteiger partial charge in [0.15, 0.2) is 6.61 Å². The molecule has 0 fully saturated rings. The van der Waals surface area contributed by atoms with Gasteiger partial charge in [0.25, 0.3) is 5.56 Å². The fourth-order valence-corrected chi connectivity index (χ4v) is 4.23. The number of aliphatic hydroxyl groups is 2. The number of rotatable bonds is 9. The first-order valence-electron chi connectivity index (χ1n) is 11.3. The van der Waals surface area contributed by atoms with E-state index < -0.39 is 24.7 Å². The smallest absolute Gasteiger partial charge is 0.310 e. The van der Waals surface area contributed by atoms with Crippen LogP contribution in [0.5, 0.6) is 5.75 Å². The molecule has 0 unspecified atom stereocenters. The fourth-order valence-electron chi connectivity index (χ4n) is 4.23. The molecular formula is C24H28F2N4O4. The first kappa shape index (κ1) is 24.0. The molecule has 0 amide bonds. The van der Waals surface area contributed by atoms with Crippen LogP contribution in [-0.2, 0) is 12.3 Å². The second-order valence-corrected chi connectivity index (χ2v) is 8.65. The number of hydrogen-bond acceptors (Lipinski definition) is 7. The van der Waals surface area contributed by atoms with Gasteiger partial charge in [-0.3, -0.25) is 4.79 Å². The number of aromatic nitrogens is 3. The van der Waals surface area contributed by atoms with Gasteiger partial charge < -0.3 is 25.3 Å². The molecule has 2 aromatic heterocycles. The van der Waals surface area contributed by atoms with E-state index in [1.807, 2.05) is 6.92 Å². The maximum Gasteiger partial charge on any atom is 0.310 e. The van der Waals surface area contributed by atoms with E-state index in [0.717, 1.165) is 0 Å². The summed E-state index contributed by atoms with van der Waals surface area (Å²) in [5, 5.41) is 22.6. The number of halogens is 2. The summed E-state index contributed by atoms with van der Waals surface area (Å²) in [5.74, 6) is -1.94. The number of aliphatic hydroxyl groups excluding tert-OH is 2. The molecule has 0 aliphatic carbocycles. The van der Waals surface area contributed by atoms with Gasteiger partial charge in [-0.15, -0.1) is 0 Å². The van der Waals surface area contributed by atoms with Crippen molar-refractivity contribution in [3.63, 3.8) is 0 Å². The van der Waals surface area contributed by atoms with Gasteiger partial charge in [0.2, 0.25) is 0 Å². The molecule has 0 saturated heterocycles. The Morgan fingerprint density at radius 1 is 1.29 bits per heavy atom. The molecule has 182 valence electrons. The van der Waals surface area contributed by atoms with Crippen molar-refractivity contribution in [3.05, 3.63) is 57.1 Å². The average Bonchev–Trinajstić information content (AvgIpc) is 3.09. The Bertz CT molecular complexity index is 1250. The number of aryl methyl sites for hydroxylation is 2. The average molecular weight is 475 g/mol. The van der Waals surface area contributed by atoms with E-state index in [4.69, 9.17) is 9.84 Å². The number of para-hydroxylation sites is 1. The van der Waals surface area contributed by atoms with Crippen LogP contribution in [0.2, 0.25) is 0 Å². The standard InChI is InChI=1S/C24H28F2N4O4/c1-13(17-7-4-8-19-20(17)34-12-24(19,25)26)27-21-18-11-15(5-3-6-16(32)9-10-31)23(33)30-22(18)29-14(2)28-21/h4,7-8,11,13,16,31-32H,3,5-6,9-10,12H2,1-2H3,(H2,27,28,29,30,33)/t13-,16+/m1/s1. The summed E-state index contributed by atoms with van der Waals surface area (Å²) >= 11 is 0. The first-order valence-corrected chi connectivity index (χ1v) is 11.3. The molecule has 0 spiro atoms. The fraction of sp³-hybridized carbons (Fsp3) is 0.458. The molecule has 4 rings (SSSR count). The van der Waals surface area contributed by atoms with E-state index in [2.05, 4.69) is 20.3 Å². The second-order valence-electron chi connectivity index (χ2n) is 8.65. The summed E-state index contributed by atoms with van der Waals surface area (Å²) in [6, 6.07) is 6.00. The third-order valence-corrected chi connectivity index (χ3v) is 6.00. The van der Waals surface area contributed by atoms with Crippen LogP contribution < -0.4 is 15.6 Å². The molecule has 2 atom stereocenters. The van der Waals surface area contributed by atoms with Gasteiger partial charge in [0.05, 0.1) is 23.1 Å². The number of nitrogens with one attached hydrogen (secondary N) is 2. The molecule has 1 aliphatic rings. The molecule has 0 bridgehead atoms. The van der Waals surface area contributed by atoms with Crippen molar-refractivity contribution < 1.29 is 23.7 Å². The van der Waals surface area contributed by atoms with Crippen molar-refractivity contribution in [1.29, 1.82) is 0 Å². The molecule has 34 heavy (non-hydrogen) atoms. The summed E-state index contributed by atoms with van der Waals surface area (Å²) in [5.41, 5.74) is 1.09. The van der Waals surface area contributed by atoms with E-state index in [1.54, 1.807) is 25.1 Å². The van der Waals surface area contributed by atoms with Crippen LogP contribution in [0.4, 0.5) is 14.6 Å². The lowest BCUT2D eigenvalue weighted by atomic mass is 10.0. The first-order chi connectivity index (χ1) is 16.2. The third-order valence-electron chi connectivity index (χ3n) is 6.00. The van der Waals surface area contributed by atoms with Gasteiger partial charge in [0.1, 0.15) is 23.0 Å². The van der Waals surface area contributed by atoms with Crippen LogP contribution in [0.1, 0.15) is 54.7 Å². The van der Waals surface area contributed by atoms with Crippen LogP contribution in [-0.4, -0.2) is 44.5 Å². The highest BCUT2D eigenvalue weighted by Crippen LogP contribution is 2.45. The normalized spacial score (nSPS) is 16.2. The highest BCUT2D eigenvalue weighted by Gasteiger charge is 2.42. The number of ether oxygens (including phenoxy) is 1. The number of hydrogen-bond donors (Lipinski definition) is 4. The quantitative estimate of drug-likeness (QED) is 0.375. The Labute approximate surface area is 195 Å². The van der Waals surface area contributed by atoms with Crippen LogP contribution >= 0.6 is 0 Å². The Morgan fingerprint density at radius 2 is 2.09 bits per heavy atom. The number of benzene rings is 1. The van der Waals surface area contributed by atoms with Gasteiger partial charge in [0, 0.05) is 17.7 Å². The monoisotopic (exact) mass is 474 g/mol. The van der Waals surface area contributed by atoms with E-state index in [0.29, 0.717) is 59.5 Å². The van der Waals surface area contributed by atoms with E-state index in [-0.39, 0.29) is 23.5 Å². The molecule has 3 heterocycles. The van der Waals surface area contributed by atoms with Crippen molar-refractivity contribution in [2.75, 3.05) is 18.5 Å². The van der Waals surface area contributed by atoms with Crippen molar-refractivity contribution in [3.8, 4) is 5.75 Å². The van der Waals surface area contributed by atoms with Crippen LogP contribution in [0.3, 0.4) is 0 Å². The lowest BCUT2D eigenvalue weighted by Crippen LogP contribution is -2.16. The van der Waals surface area contributed by atoms with Crippen LogP contribution in [0, 0.1) is 6.92 Å². The molecule has 4 N–H and O–H groups in total. The topological polar surface area (TPSA) is 120 Å². The van der Waals surface area contributed by atoms with Crippen LogP contribution in [0.25, 0.3) is 11.0 Å². The summed E-state index contributed by atoms with van der Waals surface area (Å²) in [7, 11) is 0. The Hall–Kier alpha value is -3.11. The number of anilines is 1. The Kier molecular flexibility index (Phi) is 6.81. The number of fused-ring (bicyclic) bond motifs is 2. The van der Waals surface area contributed by atoms with E-state index in [9.17, 15) is 18.7 Å². The number of nitrogens with zero attached hydrogens (tertiary/aromatic N) is 2. The molecule has 0 radical (unpaired) electrons. The zero-order valence-electron chi connectivity index (χ0n) is 19.1. The van der Waals surface area contributed by atoms with E-state index >= 15 is 0 Å². The summed E-state index contributed by atoms with van der Waals surface area (Å²) in [6.07, 6.45) is 1.16. The van der Waals surface area contributed by atoms with E-state index in [1.165, 1.54) is 6.07 Å². The number of pyridine rings is 1. The minimum atomic E-state index is -3.03. The molecule has 1 aliphatic heterocycles. The van der Waals surface area contributed by atoms with Gasteiger partial charge in [-0.05, 0) is 51.7 Å². The molecular weight excluding hydrogens is 446 g/mol. The van der Waals surface area contributed by atoms with Crippen molar-refractivity contribution in [2.45, 2.75) is 57.6 Å². The lowest BCUT2D eigenvalue weighted by molar-refractivity contribution is -0.0214. The maximum atomic E-state index is 14.1. The highest BCUT2D eigenvalue weighted by atomic mass is 19.3. The minimum absolute atomic E-state index is 0.0884. The van der Waals surface area contributed by atoms with Gasteiger partial charge in [-0.25, -0.2) is 9.97 Å². The number of H-pyrrole nitrogens is 1. The molecule has 0 saturated carbocycles. The van der Waals surface area contributed by atoms with Gasteiger partial charge in [-0.1, -0.05) is 12.1 Å². The lowest BCUT2D eigenvalue weighted by Gasteiger charge is -2.19. The number of aromatic amines is 1. The minimum Gasteiger partial charge on any atom is -0.486 e. The zero-order chi connectivity index (χ0) is 24.5. The predicted molar refractivity (Wildman–Crippen MR) is 123 cm³/mol. The molecule has 10 heteroatoms. The van der Waals surface area contributed by atoms with Crippen molar-refractivity contribution in [1.82, 2.24) is 15.0 Å². The van der Waals surface area contributed by atoms with Crippen LogP contribution in [0.15, 0.2) is 29.1 Å². The summed E-state index contributed by atoms with van der Waals surface area (Å²) in [6.45, 7) is 2.76. The Morgan fingerprint density at radius 3 is 2.85 bits per heavy atom. The third kappa shape index (κ3) is 4.88. The summed E-state index contributed by atoms with van der Waals surface area (Å²) in [4.78, 5) is 24.2. The SMILES string of the molecule is Cc1nc(N[C@H](C)c2cccc3c2OCC3(F)F)c2cc(CCC[C@H](O)CCO)c(=O)[nH]c2n1. The Balaban J connectivity index is 1.62. The molecule has 3 aromatic rings. The predicted octanol–water partition coefficient (Wildman–Crippen LogP) is 3.35. The second kappa shape index (κ2) is 9.63. The van der Waals surface area contributed by atoms with Gasteiger partial charge >= 0.3 is 5.92 Å². The highest BCUT2D eigenvalue weighted by molar-refractivity contribution is 5.87.